The topological polar surface area (TPSA) is 20.2 Å². The molecule has 0 unspecified atom stereocenters. The smallest absolute Gasteiger partial charge is 0.123 e. The van der Waals surface area contributed by atoms with Crippen LogP contribution >= 0.6 is 0 Å². The number of aliphatic hydroxyl groups excluding tert-OH is 1. The van der Waals surface area contributed by atoms with Crippen LogP contribution in [0.1, 0.15) is 12.5 Å². The molecule has 0 spiro atoms. The minimum absolute atomic E-state index is 0.00999. The molecule has 14 heavy (non-hydrogen) atoms. The molecular formula is C12H11FO. The van der Waals surface area contributed by atoms with Crippen LogP contribution in [0.15, 0.2) is 35.9 Å². The van der Waals surface area contributed by atoms with Crippen molar-refractivity contribution < 1.29 is 9.50 Å². The summed E-state index contributed by atoms with van der Waals surface area (Å²) in [5.41, 5.74) is 1.56. The average molecular weight is 190 g/mol. The van der Waals surface area contributed by atoms with E-state index in [0.717, 1.165) is 11.1 Å². The SMILES string of the molecule is CC(C#Cc1ccc(F)cc1)=CCO. The van der Waals surface area contributed by atoms with Crippen LogP contribution in [0.4, 0.5) is 4.39 Å². The van der Waals surface area contributed by atoms with Gasteiger partial charge < -0.3 is 5.11 Å². The Morgan fingerprint density at radius 2 is 2.07 bits per heavy atom. The molecule has 1 aromatic rings. The largest absolute Gasteiger partial charge is 0.392 e. The number of benzene rings is 1. The molecule has 0 saturated heterocycles. The lowest BCUT2D eigenvalue weighted by molar-refractivity contribution is 0.342. The van der Waals surface area contributed by atoms with E-state index in [0.29, 0.717) is 0 Å². The summed E-state index contributed by atoms with van der Waals surface area (Å²) in [5, 5.41) is 8.58. The van der Waals surface area contributed by atoms with Gasteiger partial charge in [0.15, 0.2) is 0 Å². The van der Waals surface area contributed by atoms with Crippen LogP contribution in [0.25, 0.3) is 0 Å². The van der Waals surface area contributed by atoms with Gasteiger partial charge in [-0.05, 0) is 42.8 Å². The van der Waals surface area contributed by atoms with Gasteiger partial charge in [0.2, 0.25) is 0 Å². The van der Waals surface area contributed by atoms with Crippen molar-refractivity contribution in [2.24, 2.45) is 0 Å². The summed E-state index contributed by atoms with van der Waals surface area (Å²) in [7, 11) is 0. The molecule has 0 heterocycles. The molecule has 1 N–H and O–H groups in total. The first-order valence-corrected chi connectivity index (χ1v) is 4.27. The fraction of sp³-hybridized carbons (Fsp3) is 0.167. The highest BCUT2D eigenvalue weighted by molar-refractivity contribution is 5.39. The number of hydrogen-bond donors (Lipinski definition) is 1. The average Bonchev–Trinajstić information content (AvgIpc) is 2.17. The van der Waals surface area contributed by atoms with E-state index in [4.69, 9.17) is 5.11 Å². The quantitative estimate of drug-likeness (QED) is 0.672. The van der Waals surface area contributed by atoms with Crippen molar-refractivity contribution in [2.45, 2.75) is 6.92 Å². The lowest BCUT2D eigenvalue weighted by atomic mass is 10.2. The summed E-state index contributed by atoms with van der Waals surface area (Å²) in [6.45, 7) is 1.80. The first-order valence-electron chi connectivity index (χ1n) is 4.27. The molecular weight excluding hydrogens is 179 g/mol. The number of allylic oxidation sites excluding steroid dienone is 1. The van der Waals surface area contributed by atoms with E-state index in [2.05, 4.69) is 11.8 Å². The van der Waals surface area contributed by atoms with E-state index in [1.807, 2.05) is 6.92 Å². The Balaban J connectivity index is 2.78. The van der Waals surface area contributed by atoms with Gasteiger partial charge >= 0.3 is 0 Å². The zero-order chi connectivity index (χ0) is 10.4. The van der Waals surface area contributed by atoms with Crippen molar-refractivity contribution in [1.82, 2.24) is 0 Å². The van der Waals surface area contributed by atoms with Gasteiger partial charge in [0.05, 0.1) is 6.61 Å². The lowest BCUT2D eigenvalue weighted by Crippen LogP contribution is -1.78. The third kappa shape index (κ3) is 3.42. The minimum atomic E-state index is -0.266. The van der Waals surface area contributed by atoms with Crippen molar-refractivity contribution in [3.63, 3.8) is 0 Å². The van der Waals surface area contributed by atoms with Crippen molar-refractivity contribution in [3.05, 3.63) is 47.3 Å². The van der Waals surface area contributed by atoms with Gasteiger partial charge in [-0.15, -0.1) is 0 Å². The molecule has 0 atom stereocenters. The summed E-state index contributed by atoms with van der Waals surface area (Å²) in [6.07, 6.45) is 1.62. The molecule has 0 amide bonds. The summed E-state index contributed by atoms with van der Waals surface area (Å²) in [6, 6.07) is 5.98. The molecule has 1 nitrogen and oxygen atoms in total. The normalized spacial score (nSPS) is 10.6. The van der Waals surface area contributed by atoms with E-state index in [1.54, 1.807) is 18.2 Å². The van der Waals surface area contributed by atoms with Crippen molar-refractivity contribution in [1.29, 1.82) is 0 Å². The van der Waals surface area contributed by atoms with Gasteiger partial charge in [-0.25, -0.2) is 4.39 Å². The van der Waals surface area contributed by atoms with Crippen LogP contribution in [-0.4, -0.2) is 11.7 Å². The van der Waals surface area contributed by atoms with Gasteiger partial charge in [0.25, 0.3) is 0 Å². The molecule has 0 aliphatic heterocycles. The van der Waals surface area contributed by atoms with E-state index in [9.17, 15) is 4.39 Å². The second-order valence-corrected chi connectivity index (χ2v) is 2.83. The van der Waals surface area contributed by atoms with Crippen molar-refractivity contribution >= 4 is 0 Å². The fourth-order valence-electron chi connectivity index (χ4n) is 0.892. The summed E-state index contributed by atoms with van der Waals surface area (Å²) >= 11 is 0. The van der Waals surface area contributed by atoms with E-state index in [1.165, 1.54) is 12.1 Å². The predicted octanol–water partition coefficient (Wildman–Crippen LogP) is 2.12. The zero-order valence-electron chi connectivity index (χ0n) is 7.92. The molecule has 0 saturated carbocycles. The second-order valence-electron chi connectivity index (χ2n) is 2.83. The first-order chi connectivity index (χ1) is 6.72. The summed E-state index contributed by atoms with van der Waals surface area (Å²) < 4.78 is 12.5. The highest BCUT2D eigenvalue weighted by Gasteiger charge is 1.88. The van der Waals surface area contributed by atoms with Crippen molar-refractivity contribution in [3.8, 4) is 11.8 Å². The Hall–Kier alpha value is -1.59. The maximum atomic E-state index is 12.5. The van der Waals surface area contributed by atoms with Gasteiger partial charge in [-0.2, -0.15) is 0 Å². The number of rotatable bonds is 1. The lowest BCUT2D eigenvalue weighted by Gasteiger charge is -1.89. The van der Waals surface area contributed by atoms with Crippen LogP contribution in [0.5, 0.6) is 0 Å². The highest BCUT2D eigenvalue weighted by Crippen LogP contribution is 2.01. The summed E-state index contributed by atoms with van der Waals surface area (Å²) in [4.78, 5) is 0. The maximum absolute atomic E-state index is 12.5. The Morgan fingerprint density at radius 1 is 1.43 bits per heavy atom. The molecule has 1 aromatic carbocycles. The van der Waals surface area contributed by atoms with Crippen LogP contribution in [0, 0.1) is 17.7 Å². The van der Waals surface area contributed by atoms with Gasteiger partial charge in [0.1, 0.15) is 5.82 Å². The van der Waals surface area contributed by atoms with Crippen LogP contribution in [-0.2, 0) is 0 Å². The standard InChI is InChI=1S/C12H11FO/c1-10(8-9-14)2-3-11-4-6-12(13)7-5-11/h4-8,14H,9H2,1H3. The molecule has 0 aromatic heterocycles. The molecule has 2 heteroatoms. The Labute approximate surface area is 82.9 Å². The molecule has 0 fully saturated rings. The molecule has 0 radical (unpaired) electrons. The van der Waals surface area contributed by atoms with E-state index in [-0.39, 0.29) is 12.4 Å². The van der Waals surface area contributed by atoms with Gasteiger partial charge in [0, 0.05) is 5.56 Å². The third-order valence-corrected chi connectivity index (χ3v) is 1.65. The molecule has 0 bridgehead atoms. The monoisotopic (exact) mass is 190 g/mol. The number of halogens is 1. The van der Waals surface area contributed by atoms with Crippen molar-refractivity contribution in [2.75, 3.05) is 6.61 Å². The van der Waals surface area contributed by atoms with Crippen LogP contribution in [0.3, 0.4) is 0 Å². The third-order valence-electron chi connectivity index (χ3n) is 1.65. The maximum Gasteiger partial charge on any atom is 0.123 e. The predicted molar refractivity (Wildman–Crippen MR) is 54.1 cm³/mol. The molecule has 72 valence electrons. The van der Waals surface area contributed by atoms with Crippen LogP contribution < -0.4 is 0 Å². The Morgan fingerprint density at radius 3 is 2.64 bits per heavy atom. The number of hydrogen-bond acceptors (Lipinski definition) is 1. The Bertz CT molecular complexity index is 379. The minimum Gasteiger partial charge on any atom is -0.392 e. The van der Waals surface area contributed by atoms with Gasteiger partial charge in [-0.1, -0.05) is 11.8 Å². The first kappa shape index (κ1) is 10.5. The molecule has 0 aliphatic carbocycles. The van der Waals surface area contributed by atoms with E-state index >= 15 is 0 Å². The zero-order valence-corrected chi connectivity index (χ0v) is 7.92. The van der Waals surface area contributed by atoms with Crippen LogP contribution in [0.2, 0.25) is 0 Å². The second kappa shape index (κ2) is 5.21. The summed E-state index contributed by atoms with van der Waals surface area (Å²) in [5.74, 6) is 5.44. The highest BCUT2D eigenvalue weighted by atomic mass is 19.1. The fourth-order valence-corrected chi connectivity index (χ4v) is 0.892. The number of aliphatic hydroxyl groups is 1. The van der Waals surface area contributed by atoms with E-state index < -0.39 is 0 Å². The Kier molecular flexibility index (Phi) is 3.90. The van der Waals surface area contributed by atoms with Gasteiger partial charge in [-0.3, -0.25) is 0 Å². The molecule has 1 rings (SSSR count). The molecule has 0 aliphatic rings.